The molecule has 1 atom stereocenters. The van der Waals surface area contributed by atoms with Gasteiger partial charge in [0.15, 0.2) is 0 Å². The van der Waals surface area contributed by atoms with Crippen LogP contribution >= 0.6 is 11.6 Å². The second-order valence-electron chi connectivity index (χ2n) is 7.30. The number of carbonyl (C=O) groups is 1. The molecule has 1 fully saturated rings. The first-order chi connectivity index (χ1) is 15.0. The molecule has 0 N–H and O–H groups in total. The highest BCUT2D eigenvalue weighted by Crippen LogP contribution is 2.26. The lowest BCUT2D eigenvalue weighted by atomic mass is 10.1. The molecule has 1 aromatic heterocycles. The SMILES string of the molecule is COc1ccc(C(=O)N2CCN(c3cc(Oc4cccc(Cl)c4)ncn3)C[C@@H]2C)cc1. The van der Waals surface area contributed by atoms with E-state index < -0.39 is 0 Å². The Morgan fingerprint density at radius 3 is 2.58 bits per heavy atom. The molecule has 1 saturated heterocycles. The number of hydrogen-bond acceptors (Lipinski definition) is 6. The van der Waals surface area contributed by atoms with Gasteiger partial charge in [-0.3, -0.25) is 4.79 Å². The summed E-state index contributed by atoms with van der Waals surface area (Å²) in [6, 6.07) is 16.2. The molecule has 2 heterocycles. The van der Waals surface area contributed by atoms with Crippen LogP contribution in [-0.4, -0.2) is 53.6 Å². The van der Waals surface area contributed by atoms with E-state index in [2.05, 4.69) is 14.9 Å². The van der Waals surface area contributed by atoms with Crippen LogP contribution in [0.25, 0.3) is 0 Å². The van der Waals surface area contributed by atoms with E-state index in [-0.39, 0.29) is 11.9 Å². The van der Waals surface area contributed by atoms with Crippen molar-refractivity contribution in [3.05, 3.63) is 71.5 Å². The third-order valence-corrected chi connectivity index (χ3v) is 5.43. The van der Waals surface area contributed by atoms with Crippen LogP contribution < -0.4 is 14.4 Å². The standard InChI is InChI=1S/C23H23ClN4O3/c1-16-14-27(10-11-28(16)23(29)17-6-8-19(30-2)9-7-17)21-13-22(26-15-25-21)31-20-5-3-4-18(24)12-20/h3-9,12-13,15-16H,10-11,14H2,1-2H3/t16-/m0/s1. The van der Waals surface area contributed by atoms with Gasteiger partial charge >= 0.3 is 0 Å². The first-order valence-electron chi connectivity index (χ1n) is 9.99. The Morgan fingerprint density at radius 1 is 1.06 bits per heavy atom. The number of amides is 1. The minimum atomic E-state index is 0.0162. The monoisotopic (exact) mass is 438 g/mol. The first kappa shape index (κ1) is 20.9. The van der Waals surface area contributed by atoms with Crippen LogP contribution in [0.1, 0.15) is 17.3 Å². The number of ether oxygens (including phenoxy) is 2. The molecule has 0 spiro atoms. The van der Waals surface area contributed by atoms with E-state index in [1.54, 1.807) is 49.6 Å². The lowest BCUT2D eigenvalue weighted by Crippen LogP contribution is -2.54. The Hall–Kier alpha value is -3.32. The van der Waals surface area contributed by atoms with E-state index in [1.165, 1.54) is 6.33 Å². The molecular weight excluding hydrogens is 416 g/mol. The van der Waals surface area contributed by atoms with Crippen molar-refractivity contribution in [1.82, 2.24) is 14.9 Å². The van der Waals surface area contributed by atoms with Crippen molar-refractivity contribution in [2.45, 2.75) is 13.0 Å². The van der Waals surface area contributed by atoms with Crippen LogP contribution in [0.3, 0.4) is 0 Å². The second kappa shape index (κ2) is 9.22. The highest BCUT2D eigenvalue weighted by atomic mass is 35.5. The number of carbonyl (C=O) groups excluding carboxylic acids is 1. The fourth-order valence-corrected chi connectivity index (χ4v) is 3.76. The molecule has 1 aliphatic heterocycles. The number of hydrogen-bond donors (Lipinski definition) is 0. The predicted octanol–water partition coefficient (Wildman–Crippen LogP) is 4.28. The lowest BCUT2D eigenvalue weighted by Gasteiger charge is -2.40. The van der Waals surface area contributed by atoms with Crippen molar-refractivity contribution in [2.24, 2.45) is 0 Å². The van der Waals surface area contributed by atoms with Gasteiger partial charge in [0.2, 0.25) is 5.88 Å². The van der Waals surface area contributed by atoms with Crippen molar-refractivity contribution in [1.29, 1.82) is 0 Å². The zero-order valence-corrected chi connectivity index (χ0v) is 18.1. The van der Waals surface area contributed by atoms with Crippen LogP contribution in [0.2, 0.25) is 5.02 Å². The molecule has 0 unspecified atom stereocenters. The number of methoxy groups -OCH3 is 1. The first-order valence-corrected chi connectivity index (χ1v) is 10.4. The number of halogens is 1. The summed E-state index contributed by atoms with van der Waals surface area (Å²) in [6.07, 6.45) is 1.48. The highest BCUT2D eigenvalue weighted by Gasteiger charge is 2.29. The van der Waals surface area contributed by atoms with Gasteiger partial charge in [0.05, 0.1) is 7.11 Å². The molecule has 7 nitrogen and oxygen atoms in total. The summed E-state index contributed by atoms with van der Waals surface area (Å²) in [5.41, 5.74) is 0.653. The van der Waals surface area contributed by atoms with E-state index in [1.807, 2.05) is 24.0 Å². The number of rotatable bonds is 5. The molecule has 8 heteroatoms. The molecule has 1 amide bonds. The average Bonchev–Trinajstić information content (AvgIpc) is 2.79. The maximum atomic E-state index is 12.9. The van der Waals surface area contributed by atoms with E-state index in [0.29, 0.717) is 41.8 Å². The number of piperazine rings is 1. The van der Waals surface area contributed by atoms with Gasteiger partial charge in [-0.05, 0) is 49.4 Å². The molecule has 0 saturated carbocycles. The van der Waals surface area contributed by atoms with E-state index in [4.69, 9.17) is 21.1 Å². The molecule has 2 aromatic carbocycles. The number of aromatic nitrogens is 2. The van der Waals surface area contributed by atoms with Gasteiger partial charge in [0.1, 0.15) is 23.6 Å². The summed E-state index contributed by atoms with van der Waals surface area (Å²) in [5.74, 6) is 2.56. The Balaban J connectivity index is 1.43. The van der Waals surface area contributed by atoms with Crippen molar-refractivity contribution >= 4 is 23.3 Å². The fourth-order valence-electron chi connectivity index (χ4n) is 3.58. The average molecular weight is 439 g/mol. The molecule has 0 aliphatic carbocycles. The molecule has 0 radical (unpaired) electrons. The van der Waals surface area contributed by atoms with Crippen LogP contribution in [0, 0.1) is 0 Å². The Labute approximate surface area is 186 Å². The predicted molar refractivity (Wildman–Crippen MR) is 119 cm³/mol. The maximum absolute atomic E-state index is 12.9. The van der Waals surface area contributed by atoms with Crippen LogP contribution in [0.4, 0.5) is 5.82 Å². The second-order valence-corrected chi connectivity index (χ2v) is 7.73. The van der Waals surface area contributed by atoms with E-state index >= 15 is 0 Å². The van der Waals surface area contributed by atoms with Gasteiger partial charge in [0, 0.05) is 42.3 Å². The maximum Gasteiger partial charge on any atom is 0.254 e. The third kappa shape index (κ3) is 4.88. The summed E-state index contributed by atoms with van der Waals surface area (Å²) in [4.78, 5) is 25.6. The number of nitrogens with zero attached hydrogens (tertiary/aromatic N) is 4. The van der Waals surface area contributed by atoms with Crippen molar-refractivity contribution < 1.29 is 14.3 Å². The fraction of sp³-hybridized carbons (Fsp3) is 0.261. The molecular formula is C23H23ClN4O3. The summed E-state index contributed by atoms with van der Waals surface area (Å²) in [7, 11) is 1.61. The zero-order valence-electron chi connectivity index (χ0n) is 17.4. The Morgan fingerprint density at radius 2 is 1.87 bits per heavy atom. The quantitative estimate of drug-likeness (QED) is 0.592. The molecule has 0 bridgehead atoms. The minimum Gasteiger partial charge on any atom is -0.497 e. The molecule has 31 heavy (non-hydrogen) atoms. The van der Waals surface area contributed by atoms with Gasteiger partial charge in [-0.2, -0.15) is 0 Å². The summed E-state index contributed by atoms with van der Waals surface area (Å²) in [6.45, 7) is 3.97. The zero-order chi connectivity index (χ0) is 21.8. The van der Waals surface area contributed by atoms with Gasteiger partial charge < -0.3 is 19.3 Å². The molecule has 3 aromatic rings. The van der Waals surface area contributed by atoms with E-state index in [9.17, 15) is 4.79 Å². The van der Waals surface area contributed by atoms with Gasteiger partial charge in [0.25, 0.3) is 5.91 Å². The summed E-state index contributed by atoms with van der Waals surface area (Å²) < 4.78 is 11.0. The van der Waals surface area contributed by atoms with E-state index in [0.717, 1.165) is 11.6 Å². The summed E-state index contributed by atoms with van der Waals surface area (Å²) in [5, 5.41) is 0.596. The van der Waals surface area contributed by atoms with Gasteiger partial charge in [-0.25, -0.2) is 9.97 Å². The molecule has 1 aliphatic rings. The topological polar surface area (TPSA) is 67.8 Å². The largest absolute Gasteiger partial charge is 0.497 e. The Kier molecular flexibility index (Phi) is 6.23. The highest BCUT2D eigenvalue weighted by molar-refractivity contribution is 6.30. The molecule has 160 valence electrons. The molecule has 4 rings (SSSR count). The van der Waals surface area contributed by atoms with Crippen LogP contribution in [0.5, 0.6) is 17.4 Å². The smallest absolute Gasteiger partial charge is 0.254 e. The minimum absolute atomic E-state index is 0.0162. The third-order valence-electron chi connectivity index (χ3n) is 5.20. The number of anilines is 1. The summed E-state index contributed by atoms with van der Waals surface area (Å²) >= 11 is 6.02. The lowest BCUT2D eigenvalue weighted by molar-refractivity contribution is 0.0673. The van der Waals surface area contributed by atoms with Gasteiger partial charge in [-0.1, -0.05) is 17.7 Å². The van der Waals surface area contributed by atoms with Crippen LogP contribution in [0.15, 0.2) is 60.9 Å². The number of benzene rings is 2. The Bertz CT molecular complexity index is 1060. The van der Waals surface area contributed by atoms with Gasteiger partial charge in [-0.15, -0.1) is 0 Å². The van der Waals surface area contributed by atoms with Crippen LogP contribution in [-0.2, 0) is 0 Å². The van der Waals surface area contributed by atoms with Crippen molar-refractivity contribution in [3.63, 3.8) is 0 Å². The van der Waals surface area contributed by atoms with Crippen molar-refractivity contribution in [3.8, 4) is 17.4 Å². The normalized spacial score (nSPS) is 16.2. The van der Waals surface area contributed by atoms with Crippen molar-refractivity contribution in [2.75, 3.05) is 31.6 Å².